The van der Waals surface area contributed by atoms with E-state index in [0.717, 1.165) is 0 Å². The van der Waals surface area contributed by atoms with Crippen LogP contribution >= 0.6 is 23.2 Å². The van der Waals surface area contributed by atoms with Crippen LogP contribution in [0.1, 0.15) is 0 Å². The maximum atomic E-state index is 4.76. The van der Waals surface area contributed by atoms with Crippen LogP contribution in [0.2, 0.25) is 0 Å². The molecule has 1 rings (SSSR count). The number of hydrogen-bond acceptors (Lipinski definition) is 2. The van der Waals surface area contributed by atoms with E-state index in [-0.39, 0.29) is 5.34 Å². The molecule has 0 N–H and O–H groups in total. The molecule has 0 saturated heterocycles. The zero-order valence-electron chi connectivity index (χ0n) is 4.67. The summed E-state index contributed by atoms with van der Waals surface area (Å²) in [5, 5.41) is 0.194. The second-order valence-corrected chi connectivity index (χ2v) is 1.80. The fraction of sp³-hybridized carbons (Fsp3) is 0.200. The van der Waals surface area contributed by atoms with Gasteiger partial charge in [0, 0.05) is 24.8 Å². The zero-order valence-corrected chi connectivity index (χ0v) is 6.18. The maximum Gasteiger partial charge on any atom is 0.0967 e. The van der Waals surface area contributed by atoms with Gasteiger partial charge in [0.1, 0.15) is 0 Å². The number of aromatic nitrogens is 2. The minimum absolute atomic E-state index is 0.194. The summed E-state index contributed by atoms with van der Waals surface area (Å²) in [7, 11) is 0. The Morgan fingerprint density at radius 3 is 1.22 bits per heavy atom. The van der Waals surface area contributed by atoms with Gasteiger partial charge in [-0.25, -0.2) is 0 Å². The van der Waals surface area contributed by atoms with E-state index in [0.29, 0.717) is 0 Å². The van der Waals surface area contributed by atoms with Crippen molar-refractivity contribution in [1.82, 2.24) is 9.97 Å². The Bertz CT molecular complexity index is 95.8. The number of hydrogen-bond donors (Lipinski definition) is 0. The van der Waals surface area contributed by atoms with Crippen LogP contribution < -0.4 is 0 Å². The standard InChI is InChI=1S/C4H4N2.CH2Cl2/c1-2-6-4-3-5-1;2-1-3/h1-4H;1H2. The van der Waals surface area contributed by atoms with Crippen LogP contribution in [0.3, 0.4) is 0 Å². The van der Waals surface area contributed by atoms with Crippen molar-refractivity contribution < 1.29 is 0 Å². The van der Waals surface area contributed by atoms with E-state index in [1.54, 1.807) is 24.8 Å². The van der Waals surface area contributed by atoms with E-state index in [9.17, 15) is 0 Å². The summed E-state index contributed by atoms with van der Waals surface area (Å²) in [5.41, 5.74) is 0. The molecule has 0 radical (unpaired) electrons. The molecule has 0 bridgehead atoms. The normalized spacial score (nSPS) is 7.33. The first kappa shape index (κ1) is 8.66. The van der Waals surface area contributed by atoms with Gasteiger partial charge in [0.2, 0.25) is 0 Å². The largest absolute Gasteiger partial charge is 0.262 e. The molecule has 0 aliphatic carbocycles. The summed E-state index contributed by atoms with van der Waals surface area (Å²) in [6.45, 7) is 0. The van der Waals surface area contributed by atoms with Crippen LogP contribution in [0, 0.1) is 0 Å². The topological polar surface area (TPSA) is 25.8 Å². The van der Waals surface area contributed by atoms with Gasteiger partial charge in [-0.1, -0.05) is 0 Å². The molecule has 4 heteroatoms. The average molecular weight is 165 g/mol. The van der Waals surface area contributed by atoms with E-state index < -0.39 is 0 Å². The molecule has 1 heterocycles. The molecule has 0 saturated carbocycles. The molecule has 0 atom stereocenters. The van der Waals surface area contributed by atoms with E-state index in [4.69, 9.17) is 23.2 Å². The first-order valence-electron chi connectivity index (χ1n) is 2.23. The van der Waals surface area contributed by atoms with Gasteiger partial charge in [-0.15, -0.1) is 23.2 Å². The van der Waals surface area contributed by atoms with E-state index in [1.807, 2.05) is 0 Å². The highest BCUT2D eigenvalue weighted by atomic mass is 35.5. The van der Waals surface area contributed by atoms with Crippen molar-refractivity contribution in [1.29, 1.82) is 0 Å². The molecule has 0 aliphatic rings. The Morgan fingerprint density at radius 1 is 0.889 bits per heavy atom. The van der Waals surface area contributed by atoms with Crippen molar-refractivity contribution in [3.05, 3.63) is 24.8 Å². The lowest BCUT2D eigenvalue weighted by Gasteiger charge is -1.70. The van der Waals surface area contributed by atoms with E-state index in [2.05, 4.69) is 9.97 Å². The average Bonchev–Trinajstić information content (AvgIpc) is 1.93. The summed E-state index contributed by atoms with van der Waals surface area (Å²) in [6.07, 6.45) is 6.56. The van der Waals surface area contributed by atoms with Gasteiger partial charge >= 0.3 is 0 Å². The van der Waals surface area contributed by atoms with Crippen molar-refractivity contribution in [3.63, 3.8) is 0 Å². The monoisotopic (exact) mass is 164 g/mol. The highest BCUT2D eigenvalue weighted by Gasteiger charge is 1.59. The Kier molecular flexibility index (Phi) is 7.37. The lowest BCUT2D eigenvalue weighted by atomic mass is 10.8. The Labute approximate surface area is 63.8 Å². The van der Waals surface area contributed by atoms with Gasteiger partial charge in [0.05, 0.1) is 5.34 Å². The molecule has 1 aromatic rings. The predicted octanol–water partition coefficient (Wildman–Crippen LogP) is 1.90. The van der Waals surface area contributed by atoms with Crippen LogP contribution in [0.4, 0.5) is 0 Å². The third-order valence-corrected chi connectivity index (χ3v) is 0.478. The Morgan fingerprint density at radius 2 is 1.11 bits per heavy atom. The molecule has 0 aliphatic heterocycles. The van der Waals surface area contributed by atoms with Gasteiger partial charge in [0.25, 0.3) is 0 Å². The molecular formula is C5H6Cl2N2. The van der Waals surface area contributed by atoms with Crippen molar-refractivity contribution >= 4 is 23.2 Å². The molecule has 0 fully saturated rings. The highest BCUT2D eigenvalue weighted by molar-refractivity contribution is 6.40. The molecule has 50 valence electrons. The van der Waals surface area contributed by atoms with Crippen molar-refractivity contribution in [2.45, 2.75) is 0 Å². The lowest BCUT2D eigenvalue weighted by molar-refractivity contribution is 1.20. The van der Waals surface area contributed by atoms with Crippen LogP contribution in [-0.2, 0) is 0 Å². The van der Waals surface area contributed by atoms with Crippen LogP contribution in [-0.4, -0.2) is 15.3 Å². The fourth-order valence-corrected chi connectivity index (χ4v) is 0.253. The Balaban J connectivity index is 0.000000187. The third-order valence-electron chi connectivity index (χ3n) is 0.478. The zero-order chi connectivity index (χ0) is 6.95. The molecule has 2 nitrogen and oxygen atoms in total. The molecule has 0 aromatic carbocycles. The van der Waals surface area contributed by atoms with E-state index >= 15 is 0 Å². The smallest absolute Gasteiger partial charge is 0.0967 e. The van der Waals surface area contributed by atoms with Crippen molar-refractivity contribution in [3.8, 4) is 0 Å². The van der Waals surface area contributed by atoms with Gasteiger partial charge in [-0.05, 0) is 0 Å². The molecule has 9 heavy (non-hydrogen) atoms. The van der Waals surface area contributed by atoms with E-state index in [1.165, 1.54) is 0 Å². The fourth-order valence-electron chi connectivity index (χ4n) is 0.253. The summed E-state index contributed by atoms with van der Waals surface area (Å²) in [5.74, 6) is 0. The van der Waals surface area contributed by atoms with Crippen LogP contribution in [0.25, 0.3) is 0 Å². The summed E-state index contributed by atoms with van der Waals surface area (Å²) < 4.78 is 0. The molecule has 1 aromatic heterocycles. The SMILES string of the molecule is ClCCl.c1cnccn1. The van der Waals surface area contributed by atoms with Gasteiger partial charge in [-0.3, -0.25) is 9.97 Å². The third kappa shape index (κ3) is 7.66. The summed E-state index contributed by atoms with van der Waals surface area (Å²) in [6, 6.07) is 0. The van der Waals surface area contributed by atoms with Crippen molar-refractivity contribution in [2.75, 3.05) is 5.34 Å². The minimum Gasteiger partial charge on any atom is -0.262 e. The molecule has 0 unspecified atom stereocenters. The molecule has 0 amide bonds. The number of nitrogens with zero attached hydrogens (tertiary/aromatic N) is 2. The number of rotatable bonds is 0. The minimum atomic E-state index is 0.194. The number of alkyl halides is 2. The predicted molar refractivity (Wildman–Crippen MR) is 38.6 cm³/mol. The quantitative estimate of drug-likeness (QED) is 0.548. The summed E-state index contributed by atoms with van der Waals surface area (Å²) >= 11 is 9.53. The van der Waals surface area contributed by atoms with Crippen LogP contribution in [0.5, 0.6) is 0 Å². The lowest BCUT2D eigenvalue weighted by Crippen LogP contribution is -1.66. The summed E-state index contributed by atoms with van der Waals surface area (Å²) in [4.78, 5) is 7.44. The second-order valence-electron chi connectivity index (χ2n) is 0.995. The number of halogens is 2. The van der Waals surface area contributed by atoms with Gasteiger partial charge < -0.3 is 0 Å². The maximum absolute atomic E-state index is 4.76. The Hall–Kier alpha value is -0.340. The highest BCUT2D eigenvalue weighted by Crippen LogP contribution is 1.73. The first-order chi connectivity index (χ1) is 4.41. The second kappa shape index (κ2) is 7.66. The first-order valence-corrected chi connectivity index (χ1v) is 3.30. The van der Waals surface area contributed by atoms with Gasteiger partial charge in [0.15, 0.2) is 0 Å². The molecule has 0 spiro atoms. The van der Waals surface area contributed by atoms with Crippen LogP contribution in [0.15, 0.2) is 24.8 Å². The molecular weight excluding hydrogens is 159 g/mol. The van der Waals surface area contributed by atoms with Crippen molar-refractivity contribution in [2.24, 2.45) is 0 Å². The van der Waals surface area contributed by atoms with Gasteiger partial charge in [-0.2, -0.15) is 0 Å².